The number of hydrogen-bond donors (Lipinski definition) is 0. The van der Waals surface area contributed by atoms with Crippen LogP contribution in [0, 0.1) is 6.92 Å². The average Bonchev–Trinajstić information content (AvgIpc) is 3.13. The Hall–Kier alpha value is -0.980. The zero-order valence-electron chi connectivity index (χ0n) is 12.2. The van der Waals surface area contributed by atoms with E-state index in [9.17, 15) is 0 Å². The molecule has 0 unspecified atom stereocenters. The molecule has 0 saturated heterocycles. The Morgan fingerprint density at radius 3 is 2.70 bits per heavy atom. The largest absolute Gasteiger partial charge is 0.486 e. The van der Waals surface area contributed by atoms with Crippen LogP contribution in [0.15, 0.2) is 29.6 Å². The van der Waals surface area contributed by atoms with E-state index in [1.54, 1.807) is 35.8 Å². The molecule has 0 fully saturated rings. The lowest BCUT2D eigenvalue weighted by Crippen LogP contribution is -1.94. The molecular formula is C16H11Cl2NOS3. The first-order chi connectivity index (χ1) is 11.0. The second kappa shape index (κ2) is 6.87. The van der Waals surface area contributed by atoms with E-state index < -0.39 is 0 Å². The summed E-state index contributed by atoms with van der Waals surface area (Å²) >= 11 is 20.6. The summed E-state index contributed by atoms with van der Waals surface area (Å²) in [5, 5.41) is 4.64. The van der Waals surface area contributed by atoms with Gasteiger partial charge in [-0.05, 0) is 43.4 Å². The van der Waals surface area contributed by atoms with Crippen molar-refractivity contribution < 1.29 is 4.74 Å². The van der Waals surface area contributed by atoms with Gasteiger partial charge in [-0.15, -0.1) is 22.7 Å². The van der Waals surface area contributed by atoms with Crippen LogP contribution in [0.2, 0.25) is 10.0 Å². The molecule has 0 aliphatic carbocycles. The number of aryl methyl sites for hydroxylation is 1. The number of thiazole rings is 1. The van der Waals surface area contributed by atoms with Crippen LogP contribution >= 0.6 is 58.1 Å². The molecule has 0 bridgehead atoms. The lowest BCUT2D eigenvalue weighted by molar-refractivity contribution is 0.417. The number of halogens is 2. The van der Waals surface area contributed by atoms with Gasteiger partial charge in [0.15, 0.2) is 0 Å². The summed E-state index contributed by atoms with van der Waals surface area (Å²) in [4.78, 5) is 6.81. The van der Waals surface area contributed by atoms with Crippen molar-refractivity contribution in [3.63, 3.8) is 0 Å². The van der Waals surface area contributed by atoms with Crippen LogP contribution in [0.25, 0.3) is 21.8 Å². The van der Waals surface area contributed by atoms with E-state index in [4.69, 9.17) is 45.1 Å². The molecule has 2 heterocycles. The van der Waals surface area contributed by atoms with Gasteiger partial charge in [0.1, 0.15) is 5.01 Å². The lowest BCUT2D eigenvalue weighted by Gasteiger charge is -2.00. The molecule has 0 saturated carbocycles. The SMILES string of the molecule is COC(=S)c1cc(-c2nc(-c3ccc(Cl)cc3Cl)cs2)c(C)s1. The van der Waals surface area contributed by atoms with Crippen molar-refractivity contribution in [3.05, 3.63) is 49.4 Å². The van der Waals surface area contributed by atoms with Gasteiger partial charge in [0, 0.05) is 26.4 Å². The van der Waals surface area contributed by atoms with Crippen molar-refractivity contribution in [2.75, 3.05) is 7.11 Å². The summed E-state index contributed by atoms with van der Waals surface area (Å²) in [5.74, 6) is 0. The van der Waals surface area contributed by atoms with E-state index in [0.29, 0.717) is 15.1 Å². The summed E-state index contributed by atoms with van der Waals surface area (Å²) in [5.41, 5.74) is 2.79. The highest BCUT2D eigenvalue weighted by Gasteiger charge is 2.15. The predicted octanol–water partition coefficient (Wildman–Crippen LogP) is 6.48. The second-order valence-corrected chi connectivity index (χ2v) is 8.06. The zero-order chi connectivity index (χ0) is 16.6. The monoisotopic (exact) mass is 399 g/mol. The Labute approximate surface area is 157 Å². The number of benzene rings is 1. The number of methoxy groups -OCH3 is 1. The van der Waals surface area contributed by atoms with Crippen LogP contribution in [-0.2, 0) is 4.74 Å². The molecule has 0 amide bonds. The molecule has 0 atom stereocenters. The minimum absolute atomic E-state index is 0.502. The fraction of sp³-hybridized carbons (Fsp3) is 0.125. The molecular weight excluding hydrogens is 389 g/mol. The van der Waals surface area contributed by atoms with E-state index >= 15 is 0 Å². The van der Waals surface area contributed by atoms with Crippen LogP contribution in [0.4, 0.5) is 0 Å². The highest BCUT2D eigenvalue weighted by Crippen LogP contribution is 2.37. The third kappa shape index (κ3) is 3.44. The van der Waals surface area contributed by atoms with Gasteiger partial charge in [0.2, 0.25) is 5.05 Å². The van der Waals surface area contributed by atoms with Crippen LogP contribution in [-0.4, -0.2) is 17.1 Å². The van der Waals surface area contributed by atoms with E-state index in [1.807, 2.05) is 23.6 Å². The summed E-state index contributed by atoms with van der Waals surface area (Å²) in [7, 11) is 1.58. The Bertz CT molecular complexity index is 885. The summed E-state index contributed by atoms with van der Waals surface area (Å²) < 4.78 is 5.14. The van der Waals surface area contributed by atoms with Gasteiger partial charge in [-0.1, -0.05) is 23.2 Å². The Kier molecular flexibility index (Phi) is 5.04. The fourth-order valence-corrected chi connectivity index (χ4v) is 4.70. The van der Waals surface area contributed by atoms with Crippen molar-refractivity contribution in [1.82, 2.24) is 4.98 Å². The maximum Gasteiger partial charge on any atom is 0.201 e. The Morgan fingerprint density at radius 1 is 1.22 bits per heavy atom. The van der Waals surface area contributed by atoms with Crippen LogP contribution in [0.5, 0.6) is 0 Å². The third-order valence-corrected chi connectivity index (χ3v) is 6.23. The van der Waals surface area contributed by atoms with Gasteiger partial charge in [-0.2, -0.15) is 0 Å². The molecule has 3 aromatic rings. The third-order valence-electron chi connectivity index (χ3n) is 3.25. The number of ether oxygens (including phenoxy) is 1. The number of rotatable bonds is 3. The topological polar surface area (TPSA) is 22.1 Å². The van der Waals surface area contributed by atoms with Gasteiger partial charge in [-0.3, -0.25) is 0 Å². The molecule has 0 spiro atoms. The molecule has 0 aliphatic heterocycles. The minimum Gasteiger partial charge on any atom is -0.486 e. The molecule has 118 valence electrons. The summed E-state index contributed by atoms with van der Waals surface area (Å²) in [6.45, 7) is 2.05. The van der Waals surface area contributed by atoms with Gasteiger partial charge >= 0.3 is 0 Å². The summed E-state index contributed by atoms with van der Waals surface area (Å²) in [6.07, 6.45) is 0. The lowest BCUT2D eigenvalue weighted by atomic mass is 10.2. The Morgan fingerprint density at radius 2 is 2.00 bits per heavy atom. The van der Waals surface area contributed by atoms with Crippen molar-refractivity contribution in [1.29, 1.82) is 0 Å². The first kappa shape index (κ1) is 16.9. The summed E-state index contributed by atoms with van der Waals surface area (Å²) in [6, 6.07) is 7.45. The van der Waals surface area contributed by atoms with Gasteiger partial charge in [0.05, 0.1) is 22.7 Å². The maximum atomic E-state index is 6.26. The first-order valence-corrected chi connectivity index (χ1v) is 9.45. The van der Waals surface area contributed by atoms with E-state index in [-0.39, 0.29) is 0 Å². The molecule has 2 aromatic heterocycles. The van der Waals surface area contributed by atoms with Crippen LogP contribution in [0.1, 0.15) is 9.75 Å². The van der Waals surface area contributed by atoms with Gasteiger partial charge in [0.25, 0.3) is 0 Å². The van der Waals surface area contributed by atoms with Crippen LogP contribution < -0.4 is 0 Å². The van der Waals surface area contributed by atoms with E-state index in [2.05, 4.69) is 6.92 Å². The molecule has 0 aliphatic rings. The second-order valence-electron chi connectivity index (χ2n) is 4.73. The fourth-order valence-electron chi connectivity index (χ4n) is 2.11. The van der Waals surface area contributed by atoms with E-state index in [1.165, 1.54) is 0 Å². The van der Waals surface area contributed by atoms with Crippen LogP contribution in [0.3, 0.4) is 0 Å². The van der Waals surface area contributed by atoms with Gasteiger partial charge < -0.3 is 4.74 Å². The highest BCUT2D eigenvalue weighted by molar-refractivity contribution is 7.80. The zero-order valence-corrected chi connectivity index (χ0v) is 16.2. The first-order valence-electron chi connectivity index (χ1n) is 6.59. The van der Waals surface area contributed by atoms with Crippen molar-refractivity contribution in [2.45, 2.75) is 6.92 Å². The molecule has 23 heavy (non-hydrogen) atoms. The smallest absolute Gasteiger partial charge is 0.201 e. The number of thiophene rings is 1. The van der Waals surface area contributed by atoms with Gasteiger partial charge in [-0.25, -0.2) is 4.98 Å². The Balaban J connectivity index is 1.99. The van der Waals surface area contributed by atoms with E-state index in [0.717, 1.165) is 31.6 Å². The number of hydrogen-bond acceptors (Lipinski definition) is 5. The molecule has 3 rings (SSSR count). The quantitative estimate of drug-likeness (QED) is 0.470. The molecule has 2 nitrogen and oxygen atoms in total. The van der Waals surface area contributed by atoms with Crippen molar-refractivity contribution in [2.24, 2.45) is 0 Å². The van der Waals surface area contributed by atoms with Crippen molar-refractivity contribution in [3.8, 4) is 21.8 Å². The minimum atomic E-state index is 0.502. The molecule has 1 aromatic carbocycles. The number of thiocarbonyl (C=S) groups is 1. The standard InChI is InChI=1S/C16H11Cl2NOS3/c1-8-11(6-14(23-8)16(21)20-2)15-19-13(7-22-15)10-4-3-9(17)5-12(10)18/h3-7H,1-2H3. The predicted molar refractivity (Wildman–Crippen MR) is 104 cm³/mol. The number of aromatic nitrogens is 1. The number of nitrogens with zero attached hydrogens (tertiary/aromatic N) is 1. The molecule has 0 N–H and O–H groups in total. The maximum absolute atomic E-state index is 6.26. The average molecular weight is 400 g/mol. The molecule has 7 heteroatoms. The highest BCUT2D eigenvalue weighted by atomic mass is 35.5. The van der Waals surface area contributed by atoms with Crippen molar-refractivity contribution >= 4 is 63.1 Å². The normalized spacial score (nSPS) is 10.8. The molecule has 0 radical (unpaired) electrons.